The molecule has 1 N–H and O–H groups in total. The molecule has 4 nitrogen and oxygen atoms in total. The third-order valence-electron chi connectivity index (χ3n) is 2.49. The lowest BCUT2D eigenvalue weighted by Gasteiger charge is -2.06. The van der Waals surface area contributed by atoms with Gasteiger partial charge in [-0.15, -0.1) is 0 Å². The van der Waals surface area contributed by atoms with Crippen molar-refractivity contribution in [2.45, 2.75) is 13.8 Å². The minimum Gasteiger partial charge on any atom is -0.494 e. The standard InChI is InChI=1S/C13H15N3O/c1-9-4-5-11(13(6-9)17-3)16-10(2)12-7-14-8-15-12/h4-8H,1-3H3,(H,14,15)/b16-10+. The first-order valence-corrected chi connectivity index (χ1v) is 5.40. The molecule has 0 radical (unpaired) electrons. The summed E-state index contributed by atoms with van der Waals surface area (Å²) in [6.07, 6.45) is 3.46. The number of hydrogen-bond donors (Lipinski definition) is 1. The molecule has 0 aliphatic rings. The number of rotatable bonds is 3. The molecule has 2 rings (SSSR count). The van der Waals surface area contributed by atoms with E-state index < -0.39 is 0 Å². The van der Waals surface area contributed by atoms with Crippen LogP contribution >= 0.6 is 0 Å². The molecule has 17 heavy (non-hydrogen) atoms. The molecule has 0 amide bonds. The van der Waals surface area contributed by atoms with Gasteiger partial charge < -0.3 is 9.72 Å². The van der Waals surface area contributed by atoms with Gasteiger partial charge in [0.2, 0.25) is 0 Å². The molecule has 1 aromatic heterocycles. The molecule has 0 bridgehead atoms. The van der Waals surface area contributed by atoms with Gasteiger partial charge in [0.25, 0.3) is 0 Å². The second-order valence-electron chi connectivity index (χ2n) is 3.83. The molecule has 0 spiro atoms. The first-order chi connectivity index (χ1) is 8.20. The third-order valence-corrected chi connectivity index (χ3v) is 2.49. The largest absolute Gasteiger partial charge is 0.494 e. The highest BCUT2D eigenvalue weighted by atomic mass is 16.5. The van der Waals surface area contributed by atoms with E-state index in [2.05, 4.69) is 15.0 Å². The normalized spacial score (nSPS) is 11.6. The van der Waals surface area contributed by atoms with E-state index in [9.17, 15) is 0 Å². The summed E-state index contributed by atoms with van der Waals surface area (Å²) in [4.78, 5) is 11.6. The van der Waals surface area contributed by atoms with Crippen LogP contribution in [0.5, 0.6) is 5.75 Å². The van der Waals surface area contributed by atoms with E-state index in [1.54, 1.807) is 13.4 Å². The number of aliphatic imine (C=N–C) groups is 1. The van der Waals surface area contributed by atoms with Crippen LogP contribution in [-0.2, 0) is 0 Å². The number of hydrogen-bond acceptors (Lipinski definition) is 3. The Kier molecular flexibility index (Phi) is 3.23. The Labute approximate surface area is 100 Å². The summed E-state index contributed by atoms with van der Waals surface area (Å²) in [7, 11) is 1.65. The van der Waals surface area contributed by atoms with Crippen LogP contribution in [0.4, 0.5) is 5.69 Å². The maximum absolute atomic E-state index is 5.31. The summed E-state index contributed by atoms with van der Waals surface area (Å²) < 4.78 is 5.31. The zero-order valence-corrected chi connectivity index (χ0v) is 10.2. The number of aromatic amines is 1. The van der Waals surface area contributed by atoms with Gasteiger partial charge in [0, 0.05) is 6.20 Å². The molecular weight excluding hydrogens is 214 g/mol. The Morgan fingerprint density at radius 1 is 1.41 bits per heavy atom. The van der Waals surface area contributed by atoms with Crippen LogP contribution in [-0.4, -0.2) is 22.8 Å². The lowest BCUT2D eigenvalue weighted by molar-refractivity contribution is 0.416. The van der Waals surface area contributed by atoms with Crippen LogP contribution in [0, 0.1) is 6.92 Å². The summed E-state index contributed by atoms with van der Waals surface area (Å²) in [6.45, 7) is 3.95. The number of ether oxygens (including phenoxy) is 1. The first-order valence-electron chi connectivity index (χ1n) is 5.40. The van der Waals surface area contributed by atoms with E-state index in [-0.39, 0.29) is 0 Å². The van der Waals surface area contributed by atoms with Crippen molar-refractivity contribution >= 4 is 11.4 Å². The van der Waals surface area contributed by atoms with E-state index in [1.807, 2.05) is 38.2 Å². The van der Waals surface area contributed by atoms with Crippen LogP contribution in [0.25, 0.3) is 0 Å². The summed E-state index contributed by atoms with van der Waals surface area (Å²) in [5, 5.41) is 0. The topological polar surface area (TPSA) is 50.3 Å². The third kappa shape index (κ3) is 2.53. The number of H-pyrrole nitrogens is 1. The van der Waals surface area contributed by atoms with Crippen molar-refractivity contribution in [2.24, 2.45) is 4.99 Å². The number of benzene rings is 1. The average molecular weight is 229 g/mol. The molecule has 0 saturated heterocycles. The van der Waals surface area contributed by atoms with Crippen molar-refractivity contribution in [3.63, 3.8) is 0 Å². The van der Waals surface area contributed by atoms with Crippen LogP contribution in [0.15, 0.2) is 35.7 Å². The van der Waals surface area contributed by atoms with Crippen molar-refractivity contribution in [3.05, 3.63) is 42.0 Å². The van der Waals surface area contributed by atoms with Gasteiger partial charge >= 0.3 is 0 Å². The Hall–Kier alpha value is -2.10. The summed E-state index contributed by atoms with van der Waals surface area (Å²) in [5.74, 6) is 0.778. The van der Waals surface area contributed by atoms with Gasteiger partial charge in [-0.2, -0.15) is 0 Å². The van der Waals surface area contributed by atoms with Gasteiger partial charge in [-0.25, -0.2) is 9.98 Å². The van der Waals surface area contributed by atoms with Gasteiger partial charge in [-0.05, 0) is 31.5 Å². The van der Waals surface area contributed by atoms with Gasteiger partial charge in [-0.3, -0.25) is 0 Å². The Morgan fingerprint density at radius 3 is 2.88 bits per heavy atom. The van der Waals surface area contributed by atoms with Crippen LogP contribution < -0.4 is 4.74 Å². The molecule has 0 aliphatic heterocycles. The first kappa shape index (κ1) is 11.4. The van der Waals surface area contributed by atoms with Crippen molar-refractivity contribution in [1.29, 1.82) is 0 Å². The molecule has 1 aromatic carbocycles. The fourth-order valence-corrected chi connectivity index (χ4v) is 1.57. The second kappa shape index (κ2) is 4.82. The van der Waals surface area contributed by atoms with Crippen LogP contribution in [0.1, 0.15) is 18.2 Å². The highest BCUT2D eigenvalue weighted by Crippen LogP contribution is 2.28. The van der Waals surface area contributed by atoms with Gasteiger partial charge in [0.05, 0.1) is 19.1 Å². The van der Waals surface area contributed by atoms with E-state index in [0.717, 1.165) is 28.4 Å². The number of methoxy groups -OCH3 is 1. The molecule has 0 unspecified atom stereocenters. The Morgan fingerprint density at radius 2 is 2.24 bits per heavy atom. The van der Waals surface area contributed by atoms with E-state index in [1.165, 1.54) is 0 Å². The molecule has 1 heterocycles. The zero-order valence-electron chi connectivity index (χ0n) is 10.2. The van der Waals surface area contributed by atoms with Crippen LogP contribution in [0.3, 0.4) is 0 Å². The minimum atomic E-state index is 0.778. The van der Waals surface area contributed by atoms with Gasteiger partial charge in [-0.1, -0.05) is 6.07 Å². The van der Waals surface area contributed by atoms with E-state index in [4.69, 9.17) is 4.74 Å². The van der Waals surface area contributed by atoms with Crippen molar-refractivity contribution < 1.29 is 4.74 Å². The van der Waals surface area contributed by atoms with E-state index >= 15 is 0 Å². The number of aromatic nitrogens is 2. The molecule has 0 fully saturated rings. The molecule has 88 valence electrons. The predicted molar refractivity (Wildman–Crippen MR) is 68.2 cm³/mol. The Bertz CT molecular complexity index is 530. The smallest absolute Gasteiger partial charge is 0.144 e. The van der Waals surface area contributed by atoms with Crippen molar-refractivity contribution in [2.75, 3.05) is 7.11 Å². The maximum Gasteiger partial charge on any atom is 0.144 e. The van der Waals surface area contributed by atoms with E-state index in [0.29, 0.717) is 0 Å². The molecule has 0 atom stereocenters. The zero-order chi connectivity index (χ0) is 12.3. The highest BCUT2D eigenvalue weighted by Gasteiger charge is 2.04. The van der Waals surface area contributed by atoms with Gasteiger partial charge in [0.1, 0.15) is 17.1 Å². The van der Waals surface area contributed by atoms with Crippen molar-refractivity contribution in [1.82, 2.24) is 9.97 Å². The molecule has 0 aliphatic carbocycles. The SMILES string of the molecule is COc1cc(C)ccc1/N=C(\C)c1c[nH]cn1. The van der Waals surface area contributed by atoms with Crippen molar-refractivity contribution in [3.8, 4) is 5.75 Å². The number of nitrogens with one attached hydrogen (secondary N) is 1. The summed E-state index contributed by atoms with van der Waals surface area (Å²) >= 11 is 0. The molecule has 0 saturated carbocycles. The Balaban J connectivity index is 2.38. The lowest BCUT2D eigenvalue weighted by atomic mass is 10.2. The second-order valence-corrected chi connectivity index (χ2v) is 3.83. The number of imidazole rings is 1. The lowest BCUT2D eigenvalue weighted by Crippen LogP contribution is -1.94. The summed E-state index contributed by atoms with van der Waals surface area (Å²) in [5.41, 5.74) is 3.66. The quantitative estimate of drug-likeness (QED) is 0.823. The maximum atomic E-state index is 5.31. The molecular formula is C13H15N3O. The molecule has 2 aromatic rings. The van der Waals surface area contributed by atoms with Gasteiger partial charge in [0.15, 0.2) is 0 Å². The number of aryl methyl sites for hydroxylation is 1. The average Bonchev–Trinajstić information content (AvgIpc) is 2.85. The predicted octanol–water partition coefficient (Wildman–Crippen LogP) is 2.87. The molecule has 4 heteroatoms. The fourth-order valence-electron chi connectivity index (χ4n) is 1.57. The fraction of sp³-hybridized carbons (Fsp3) is 0.231. The summed E-state index contributed by atoms with van der Waals surface area (Å²) in [6, 6.07) is 5.93. The monoisotopic (exact) mass is 229 g/mol. The number of nitrogens with zero attached hydrogens (tertiary/aromatic N) is 2. The van der Waals surface area contributed by atoms with Crippen LogP contribution in [0.2, 0.25) is 0 Å². The highest BCUT2D eigenvalue weighted by molar-refractivity contribution is 5.98. The minimum absolute atomic E-state index is 0.778.